The minimum atomic E-state index is -0.942. The van der Waals surface area contributed by atoms with Gasteiger partial charge in [-0.3, -0.25) is 14.5 Å². The van der Waals surface area contributed by atoms with Crippen molar-refractivity contribution >= 4 is 61.3 Å². The smallest absolute Gasteiger partial charge is 0.296 e. The zero-order valence-corrected chi connectivity index (χ0v) is 23.1. The Morgan fingerprint density at radius 2 is 1.74 bits per heavy atom. The van der Waals surface area contributed by atoms with E-state index >= 15 is 0 Å². The Balaban J connectivity index is 1.49. The van der Waals surface area contributed by atoms with Gasteiger partial charge in [-0.25, -0.2) is 9.97 Å². The van der Waals surface area contributed by atoms with E-state index in [9.17, 15) is 14.7 Å². The molecule has 39 heavy (non-hydrogen) atoms. The Morgan fingerprint density at radius 3 is 2.49 bits per heavy atom. The van der Waals surface area contributed by atoms with Gasteiger partial charge in [0.15, 0.2) is 10.9 Å². The summed E-state index contributed by atoms with van der Waals surface area (Å²) < 4.78 is 6.81. The number of carbonyl (C=O) groups excluding carboxylic acids is 2. The third-order valence-electron chi connectivity index (χ3n) is 6.26. The van der Waals surface area contributed by atoms with E-state index in [0.29, 0.717) is 43.3 Å². The van der Waals surface area contributed by atoms with E-state index in [4.69, 9.17) is 16.3 Å². The molecule has 0 spiro atoms. The molecule has 1 atom stereocenters. The number of aromatic nitrogens is 2. The number of para-hydroxylation sites is 1. The van der Waals surface area contributed by atoms with Crippen LogP contribution in [-0.2, 0) is 4.79 Å². The maximum Gasteiger partial charge on any atom is 0.296 e. The van der Waals surface area contributed by atoms with E-state index in [-0.39, 0.29) is 5.57 Å². The Morgan fingerprint density at radius 1 is 0.974 bits per heavy atom. The van der Waals surface area contributed by atoms with Crippen LogP contribution in [0.25, 0.3) is 10.2 Å². The minimum absolute atomic E-state index is 0.0269. The van der Waals surface area contributed by atoms with Crippen molar-refractivity contribution < 1.29 is 19.4 Å². The van der Waals surface area contributed by atoms with Crippen LogP contribution in [0.15, 0.2) is 84.1 Å². The SMILES string of the molecule is Cc1nc(C)c(C(=O)C2=C(O)C(=O)N(c3nc4ccc(Cl)cc4s3)C2c2cccc(Oc3ccccc3)c2)s1. The number of aliphatic hydroxyl groups excluding tert-OH is 1. The first kappa shape index (κ1) is 25.2. The summed E-state index contributed by atoms with van der Waals surface area (Å²) in [5, 5.41) is 12.7. The first-order chi connectivity index (χ1) is 18.8. The fourth-order valence-corrected chi connectivity index (χ4v) is 6.72. The Hall–Kier alpha value is -4.05. The number of halogens is 1. The second-order valence-electron chi connectivity index (χ2n) is 8.91. The lowest BCUT2D eigenvalue weighted by Gasteiger charge is -2.24. The Kier molecular flexibility index (Phi) is 6.42. The summed E-state index contributed by atoms with van der Waals surface area (Å²) in [6.45, 7) is 3.55. The molecule has 0 bridgehead atoms. The van der Waals surface area contributed by atoms with E-state index in [1.54, 1.807) is 49.4 Å². The monoisotopic (exact) mass is 573 g/mol. The van der Waals surface area contributed by atoms with Gasteiger partial charge in [0.1, 0.15) is 11.5 Å². The summed E-state index contributed by atoms with van der Waals surface area (Å²) in [6.07, 6.45) is 0. The lowest BCUT2D eigenvalue weighted by molar-refractivity contribution is -0.117. The van der Waals surface area contributed by atoms with Gasteiger partial charge in [0.05, 0.1) is 37.4 Å². The number of aliphatic hydroxyl groups is 1. The van der Waals surface area contributed by atoms with Crippen molar-refractivity contribution in [2.45, 2.75) is 19.9 Å². The van der Waals surface area contributed by atoms with Crippen molar-refractivity contribution in [2.24, 2.45) is 0 Å². The number of hydrogen-bond donors (Lipinski definition) is 1. The highest BCUT2D eigenvalue weighted by atomic mass is 35.5. The molecule has 1 amide bonds. The van der Waals surface area contributed by atoms with E-state index in [0.717, 1.165) is 9.71 Å². The molecule has 2 aromatic heterocycles. The highest BCUT2D eigenvalue weighted by Crippen LogP contribution is 2.45. The fourth-order valence-electron chi connectivity index (χ4n) is 4.58. The summed E-state index contributed by atoms with van der Waals surface area (Å²) in [7, 11) is 0. The predicted molar refractivity (Wildman–Crippen MR) is 153 cm³/mol. The number of Topliss-reactive ketones (excluding diaryl/α,β-unsaturated/α-hetero) is 1. The molecule has 5 aromatic rings. The number of nitrogens with zero attached hydrogens (tertiary/aromatic N) is 3. The van der Waals surface area contributed by atoms with Crippen molar-refractivity contribution in [1.29, 1.82) is 0 Å². The van der Waals surface area contributed by atoms with Gasteiger partial charge in [0.2, 0.25) is 5.78 Å². The molecule has 0 saturated heterocycles. The van der Waals surface area contributed by atoms with Crippen LogP contribution in [0, 0.1) is 13.8 Å². The van der Waals surface area contributed by atoms with Gasteiger partial charge < -0.3 is 9.84 Å². The fraction of sp³-hybridized carbons (Fsp3) is 0.103. The van der Waals surface area contributed by atoms with Crippen molar-refractivity contribution in [3.8, 4) is 11.5 Å². The number of fused-ring (bicyclic) bond motifs is 1. The first-order valence-corrected chi connectivity index (χ1v) is 14.0. The van der Waals surface area contributed by atoms with Crippen molar-refractivity contribution in [3.05, 3.63) is 110 Å². The number of hydrogen-bond acceptors (Lipinski definition) is 8. The minimum Gasteiger partial charge on any atom is -0.503 e. The molecule has 1 aliphatic rings. The number of benzene rings is 3. The van der Waals surface area contributed by atoms with Gasteiger partial charge in [0.25, 0.3) is 5.91 Å². The van der Waals surface area contributed by atoms with Crippen LogP contribution in [0.2, 0.25) is 5.02 Å². The van der Waals surface area contributed by atoms with Gasteiger partial charge in [-0.1, -0.05) is 53.3 Å². The van der Waals surface area contributed by atoms with Gasteiger partial charge in [0, 0.05) is 5.02 Å². The van der Waals surface area contributed by atoms with Gasteiger partial charge in [-0.15, -0.1) is 11.3 Å². The van der Waals surface area contributed by atoms with Crippen molar-refractivity contribution in [2.75, 3.05) is 4.90 Å². The van der Waals surface area contributed by atoms with Crippen LogP contribution < -0.4 is 9.64 Å². The van der Waals surface area contributed by atoms with Crippen LogP contribution in [0.3, 0.4) is 0 Å². The van der Waals surface area contributed by atoms with Crippen LogP contribution in [0.5, 0.6) is 11.5 Å². The van der Waals surface area contributed by atoms with Gasteiger partial charge >= 0.3 is 0 Å². The lowest BCUT2D eigenvalue weighted by atomic mass is 9.95. The Labute approximate surface area is 236 Å². The standard InChI is InChI=1S/C29H20ClN3O4S2/c1-15-27(38-16(2)31-15)25(34)23-24(17-7-6-10-20(13-17)37-19-8-4-3-5-9-19)33(28(36)26(23)35)29-32-21-12-11-18(30)14-22(21)39-29/h3-14,24,35H,1-2H3. The number of amides is 1. The molecule has 3 heterocycles. The number of aryl methyl sites for hydroxylation is 2. The average Bonchev–Trinajstić information content (AvgIpc) is 3.57. The average molecular weight is 574 g/mol. The predicted octanol–water partition coefficient (Wildman–Crippen LogP) is 7.60. The number of rotatable bonds is 6. The summed E-state index contributed by atoms with van der Waals surface area (Å²) in [5.41, 5.74) is 1.75. The second kappa shape index (κ2) is 9.92. The zero-order chi connectivity index (χ0) is 27.3. The quantitative estimate of drug-likeness (QED) is 0.210. The maximum absolute atomic E-state index is 13.9. The molecule has 6 rings (SSSR count). The molecular weight excluding hydrogens is 554 g/mol. The molecule has 0 fully saturated rings. The molecule has 10 heteroatoms. The van der Waals surface area contributed by atoms with E-state index < -0.39 is 23.5 Å². The molecular formula is C29H20ClN3O4S2. The summed E-state index contributed by atoms with van der Waals surface area (Å²) in [6, 6.07) is 20.7. The van der Waals surface area contributed by atoms with Gasteiger partial charge in [-0.2, -0.15) is 0 Å². The first-order valence-electron chi connectivity index (χ1n) is 11.9. The zero-order valence-electron chi connectivity index (χ0n) is 20.7. The van der Waals surface area contributed by atoms with Crippen LogP contribution in [0.4, 0.5) is 5.13 Å². The molecule has 3 aromatic carbocycles. The number of thiazole rings is 2. The van der Waals surface area contributed by atoms with Gasteiger partial charge in [-0.05, 0) is 61.9 Å². The largest absolute Gasteiger partial charge is 0.503 e. The highest BCUT2D eigenvalue weighted by Gasteiger charge is 2.46. The third-order valence-corrected chi connectivity index (χ3v) is 8.58. The van der Waals surface area contributed by atoms with Crippen molar-refractivity contribution in [1.82, 2.24) is 9.97 Å². The van der Waals surface area contributed by atoms with Crippen LogP contribution >= 0.6 is 34.3 Å². The van der Waals surface area contributed by atoms with E-state index in [1.807, 2.05) is 37.3 Å². The molecule has 7 nitrogen and oxygen atoms in total. The lowest BCUT2D eigenvalue weighted by Crippen LogP contribution is -2.31. The molecule has 1 aliphatic heterocycles. The van der Waals surface area contributed by atoms with E-state index in [1.165, 1.54) is 27.6 Å². The van der Waals surface area contributed by atoms with Crippen LogP contribution in [0.1, 0.15) is 32.0 Å². The molecule has 1 N–H and O–H groups in total. The third kappa shape index (κ3) is 4.58. The molecule has 0 saturated carbocycles. The second-order valence-corrected chi connectivity index (χ2v) is 11.6. The van der Waals surface area contributed by atoms with E-state index in [2.05, 4.69) is 9.97 Å². The number of ether oxygens (including phenoxy) is 1. The maximum atomic E-state index is 13.9. The topological polar surface area (TPSA) is 92.6 Å². The summed E-state index contributed by atoms with van der Waals surface area (Å²) >= 11 is 8.67. The number of ketones is 1. The molecule has 1 unspecified atom stereocenters. The molecule has 0 radical (unpaired) electrons. The molecule has 194 valence electrons. The highest BCUT2D eigenvalue weighted by molar-refractivity contribution is 7.22. The summed E-state index contributed by atoms with van der Waals surface area (Å²) in [5.74, 6) is -0.605. The normalized spacial score (nSPS) is 15.4. The van der Waals surface area contributed by atoms with Crippen LogP contribution in [-0.4, -0.2) is 26.8 Å². The number of anilines is 1. The molecule has 0 aliphatic carbocycles. The Bertz CT molecular complexity index is 1790. The van der Waals surface area contributed by atoms with Crippen molar-refractivity contribution in [3.63, 3.8) is 0 Å². The summed E-state index contributed by atoms with van der Waals surface area (Å²) in [4.78, 5) is 38.3. The number of carbonyl (C=O) groups is 2.